The molecule has 0 atom stereocenters. The number of carbonyl (C=O) groups excluding carboxylic acids is 1. The van der Waals surface area contributed by atoms with Crippen LogP contribution in [-0.2, 0) is 5.41 Å². The van der Waals surface area contributed by atoms with Gasteiger partial charge in [0.1, 0.15) is 0 Å². The molecule has 0 aromatic heterocycles. The zero-order chi connectivity index (χ0) is 23.8. The van der Waals surface area contributed by atoms with Gasteiger partial charge in [0.15, 0.2) is 17.8 Å². The number of fused-ring (bicyclic) bond motifs is 1. The standard InChI is InChI=1S/C30H30O3/c1-19-10-15-26(29(33-6)28(19)32-5)25-17-16-24-22(8-7-9-23(24)27(25)18-31)20-11-13-21(14-12-20)30(2,3)4/h7-18H,1-6H3. The molecule has 0 spiro atoms. The number of hydrogen-bond donors (Lipinski definition) is 0. The van der Waals surface area contributed by atoms with Gasteiger partial charge in [-0.3, -0.25) is 4.79 Å². The van der Waals surface area contributed by atoms with Crippen molar-refractivity contribution in [3.05, 3.63) is 83.4 Å². The van der Waals surface area contributed by atoms with Gasteiger partial charge in [-0.2, -0.15) is 0 Å². The lowest BCUT2D eigenvalue weighted by Gasteiger charge is -2.20. The van der Waals surface area contributed by atoms with Crippen molar-refractivity contribution in [3.8, 4) is 33.8 Å². The maximum atomic E-state index is 12.4. The highest BCUT2D eigenvalue weighted by molar-refractivity contribution is 6.09. The normalized spacial score (nSPS) is 11.5. The third kappa shape index (κ3) is 4.00. The summed E-state index contributed by atoms with van der Waals surface area (Å²) in [5.41, 5.74) is 6.92. The van der Waals surface area contributed by atoms with Crippen LogP contribution < -0.4 is 9.47 Å². The van der Waals surface area contributed by atoms with E-state index in [0.717, 1.165) is 44.9 Å². The van der Waals surface area contributed by atoms with Gasteiger partial charge in [-0.1, -0.05) is 87.5 Å². The number of benzene rings is 4. The van der Waals surface area contributed by atoms with Gasteiger partial charge in [-0.15, -0.1) is 0 Å². The predicted molar refractivity (Wildman–Crippen MR) is 137 cm³/mol. The van der Waals surface area contributed by atoms with Crippen LogP contribution in [0, 0.1) is 6.92 Å². The molecule has 3 nitrogen and oxygen atoms in total. The summed E-state index contributed by atoms with van der Waals surface area (Å²) in [6, 6.07) is 22.9. The van der Waals surface area contributed by atoms with Gasteiger partial charge < -0.3 is 9.47 Å². The maximum Gasteiger partial charge on any atom is 0.168 e. The lowest BCUT2D eigenvalue weighted by molar-refractivity contribution is 0.112. The molecule has 0 fully saturated rings. The van der Waals surface area contributed by atoms with E-state index in [1.807, 2.05) is 37.3 Å². The van der Waals surface area contributed by atoms with Gasteiger partial charge in [0.2, 0.25) is 0 Å². The first-order chi connectivity index (χ1) is 15.8. The number of hydrogen-bond acceptors (Lipinski definition) is 3. The Balaban J connectivity index is 1.92. The minimum absolute atomic E-state index is 0.102. The van der Waals surface area contributed by atoms with Crippen molar-refractivity contribution in [3.63, 3.8) is 0 Å². The van der Waals surface area contributed by atoms with E-state index in [9.17, 15) is 4.79 Å². The summed E-state index contributed by atoms with van der Waals surface area (Å²) in [7, 11) is 3.26. The molecule has 0 N–H and O–H groups in total. The lowest BCUT2D eigenvalue weighted by atomic mass is 9.85. The van der Waals surface area contributed by atoms with Crippen LogP contribution in [-0.4, -0.2) is 20.5 Å². The first-order valence-electron chi connectivity index (χ1n) is 11.1. The Morgan fingerprint density at radius 2 is 1.36 bits per heavy atom. The van der Waals surface area contributed by atoms with Gasteiger partial charge >= 0.3 is 0 Å². The van der Waals surface area contributed by atoms with Crippen LogP contribution >= 0.6 is 0 Å². The van der Waals surface area contributed by atoms with Crippen LogP contribution in [0.1, 0.15) is 42.3 Å². The van der Waals surface area contributed by atoms with Crippen LogP contribution in [0.15, 0.2) is 66.7 Å². The zero-order valence-electron chi connectivity index (χ0n) is 20.2. The van der Waals surface area contributed by atoms with Crippen molar-refractivity contribution in [1.82, 2.24) is 0 Å². The van der Waals surface area contributed by atoms with Crippen LogP contribution in [0.2, 0.25) is 0 Å². The predicted octanol–water partition coefficient (Wildman–Crippen LogP) is 7.61. The van der Waals surface area contributed by atoms with Crippen LogP contribution in [0.4, 0.5) is 0 Å². The molecule has 33 heavy (non-hydrogen) atoms. The maximum absolute atomic E-state index is 12.4. The van der Waals surface area contributed by atoms with Crippen molar-refractivity contribution in [1.29, 1.82) is 0 Å². The van der Waals surface area contributed by atoms with Gasteiger partial charge in [0.25, 0.3) is 0 Å². The quantitative estimate of drug-likeness (QED) is 0.301. The second-order valence-corrected chi connectivity index (χ2v) is 9.37. The van der Waals surface area contributed by atoms with E-state index in [1.54, 1.807) is 14.2 Å². The number of rotatable bonds is 5. The Morgan fingerprint density at radius 3 is 1.97 bits per heavy atom. The smallest absolute Gasteiger partial charge is 0.168 e. The lowest BCUT2D eigenvalue weighted by Crippen LogP contribution is -2.10. The first-order valence-corrected chi connectivity index (χ1v) is 11.1. The zero-order valence-corrected chi connectivity index (χ0v) is 20.2. The summed E-state index contributed by atoms with van der Waals surface area (Å²) >= 11 is 0. The molecule has 168 valence electrons. The SMILES string of the molecule is COc1c(C)ccc(-c2ccc3c(-c4ccc(C(C)(C)C)cc4)cccc3c2C=O)c1OC. The van der Waals surface area contributed by atoms with Gasteiger partial charge in [-0.05, 0) is 50.9 Å². The number of aldehydes is 1. The van der Waals surface area contributed by atoms with Crippen LogP contribution in [0.3, 0.4) is 0 Å². The summed E-state index contributed by atoms with van der Waals surface area (Å²) < 4.78 is 11.3. The van der Waals surface area contributed by atoms with E-state index in [1.165, 1.54) is 5.56 Å². The number of carbonyl (C=O) groups is 1. The monoisotopic (exact) mass is 438 g/mol. The highest BCUT2D eigenvalue weighted by atomic mass is 16.5. The van der Waals surface area contributed by atoms with Crippen LogP contribution in [0.25, 0.3) is 33.0 Å². The third-order valence-corrected chi connectivity index (χ3v) is 6.29. The first kappa shape index (κ1) is 22.6. The Kier molecular flexibility index (Phi) is 5.99. The molecule has 0 aliphatic heterocycles. The fraction of sp³-hybridized carbons (Fsp3) is 0.233. The molecular formula is C30H30O3. The van der Waals surface area contributed by atoms with Crippen molar-refractivity contribution in [2.75, 3.05) is 14.2 Å². The molecule has 0 amide bonds. The minimum Gasteiger partial charge on any atom is -0.493 e. The number of aryl methyl sites for hydroxylation is 1. The molecule has 3 heteroatoms. The number of methoxy groups -OCH3 is 2. The Morgan fingerprint density at radius 1 is 0.697 bits per heavy atom. The van der Waals surface area contributed by atoms with Gasteiger partial charge in [0, 0.05) is 11.1 Å². The summed E-state index contributed by atoms with van der Waals surface area (Å²) in [4.78, 5) is 12.4. The molecule has 0 radical (unpaired) electrons. The Labute approximate surface area is 196 Å². The molecule has 0 unspecified atom stereocenters. The Hall–Kier alpha value is -3.59. The van der Waals surface area contributed by atoms with E-state index >= 15 is 0 Å². The molecule has 0 saturated heterocycles. The minimum atomic E-state index is 0.102. The van der Waals surface area contributed by atoms with Crippen molar-refractivity contribution >= 4 is 17.1 Å². The summed E-state index contributed by atoms with van der Waals surface area (Å²) in [6.45, 7) is 8.62. The molecular weight excluding hydrogens is 408 g/mol. The van der Waals surface area contributed by atoms with E-state index < -0.39 is 0 Å². The number of ether oxygens (including phenoxy) is 2. The summed E-state index contributed by atoms with van der Waals surface area (Å²) in [5, 5.41) is 1.96. The van der Waals surface area contributed by atoms with E-state index in [2.05, 4.69) is 57.2 Å². The molecule has 0 aliphatic rings. The topological polar surface area (TPSA) is 35.5 Å². The highest BCUT2D eigenvalue weighted by Crippen LogP contribution is 2.43. The largest absolute Gasteiger partial charge is 0.493 e. The van der Waals surface area contributed by atoms with Crippen molar-refractivity contribution < 1.29 is 14.3 Å². The average molecular weight is 439 g/mol. The molecule has 0 aliphatic carbocycles. The molecule has 4 aromatic rings. The average Bonchev–Trinajstić information content (AvgIpc) is 2.82. The molecule has 4 rings (SSSR count). The summed E-state index contributed by atoms with van der Waals surface area (Å²) in [5.74, 6) is 1.31. The van der Waals surface area contributed by atoms with E-state index in [0.29, 0.717) is 17.1 Å². The van der Waals surface area contributed by atoms with E-state index in [-0.39, 0.29) is 5.41 Å². The van der Waals surface area contributed by atoms with Gasteiger partial charge in [-0.25, -0.2) is 0 Å². The molecule has 0 heterocycles. The molecule has 0 bridgehead atoms. The highest BCUT2D eigenvalue weighted by Gasteiger charge is 2.19. The van der Waals surface area contributed by atoms with Crippen molar-refractivity contribution in [2.45, 2.75) is 33.1 Å². The second kappa shape index (κ2) is 8.74. The molecule has 0 saturated carbocycles. The molecule has 4 aromatic carbocycles. The van der Waals surface area contributed by atoms with Crippen LogP contribution in [0.5, 0.6) is 11.5 Å². The second-order valence-electron chi connectivity index (χ2n) is 9.37. The third-order valence-electron chi connectivity index (χ3n) is 6.29. The fourth-order valence-corrected chi connectivity index (χ4v) is 4.47. The Bertz CT molecular complexity index is 1330. The summed E-state index contributed by atoms with van der Waals surface area (Å²) in [6.07, 6.45) is 0.940. The fourth-order valence-electron chi connectivity index (χ4n) is 4.47. The van der Waals surface area contributed by atoms with Gasteiger partial charge in [0.05, 0.1) is 14.2 Å². The van der Waals surface area contributed by atoms with Crippen molar-refractivity contribution in [2.24, 2.45) is 0 Å². The van der Waals surface area contributed by atoms with E-state index in [4.69, 9.17) is 9.47 Å².